The van der Waals surface area contributed by atoms with Crippen LogP contribution in [0.25, 0.3) is 5.69 Å². The summed E-state index contributed by atoms with van der Waals surface area (Å²) in [6, 6.07) is 16.1. The molecule has 1 atom stereocenters. The molecule has 1 aromatic heterocycles. The highest BCUT2D eigenvalue weighted by molar-refractivity contribution is 5.67. The first-order valence-electron chi connectivity index (χ1n) is 8.66. The number of allylic oxidation sites excluding steroid dienone is 1. The standard InChI is InChI=1S/C21H19N3O2/c1-13-9-10-18-17(11-13)22-21(26-18)12-14(2)25-20-19(21)15(3)23-24(20)16-7-5-4-6-8-16/h4-12,22H,1-3H3. The number of hydrogen-bond acceptors (Lipinski definition) is 4. The van der Waals surface area contributed by atoms with E-state index in [4.69, 9.17) is 14.6 Å². The molecule has 0 amide bonds. The molecule has 0 bridgehead atoms. The second-order valence-electron chi connectivity index (χ2n) is 6.83. The normalized spacial score (nSPS) is 19.9. The second kappa shape index (κ2) is 5.14. The Morgan fingerprint density at radius 1 is 1.04 bits per heavy atom. The molecule has 1 N–H and O–H groups in total. The number of para-hydroxylation sites is 1. The molecule has 2 aromatic carbocycles. The van der Waals surface area contributed by atoms with Crippen molar-refractivity contribution in [2.45, 2.75) is 26.5 Å². The van der Waals surface area contributed by atoms with Gasteiger partial charge in [0.1, 0.15) is 17.1 Å². The Morgan fingerprint density at radius 2 is 1.85 bits per heavy atom. The van der Waals surface area contributed by atoms with Crippen molar-refractivity contribution in [1.82, 2.24) is 9.78 Å². The second-order valence-corrected chi connectivity index (χ2v) is 6.83. The van der Waals surface area contributed by atoms with Crippen molar-refractivity contribution >= 4 is 5.69 Å². The summed E-state index contributed by atoms with van der Waals surface area (Å²) in [6.45, 7) is 5.99. The third-order valence-electron chi connectivity index (χ3n) is 4.78. The molecule has 0 saturated heterocycles. The number of aryl methyl sites for hydroxylation is 2. The Bertz CT molecular complexity index is 1050. The summed E-state index contributed by atoms with van der Waals surface area (Å²) in [5.41, 5.74) is 4.08. The van der Waals surface area contributed by atoms with Gasteiger partial charge in [0.05, 0.1) is 17.1 Å². The summed E-state index contributed by atoms with van der Waals surface area (Å²) in [7, 11) is 0. The Hall–Kier alpha value is -3.21. The first-order chi connectivity index (χ1) is 12.6. The van der Waals surface area contributed by atoms with E-state index in [-0.39, 0.29) is 0 Å². The van der Waals surface area contributed by atoms with Crippen molar-refractivity contribution in [3.8, 4) is 17.3 Å². The van der Waals surface area contributed by atoms with Gasteiger partial charge >= 0.3 is 0 Å². The van der Waals surface area contributed by atoms with E-state index in [0.717, 1.165) is 34.1 Å². The Morgan fingerprint density at radius 3 is 2.65 bits per heavy atom. The average Bonchev–Trinajstić information content (AvgIpc) is 3.13. The molecule has 5 heteroatoms. The molecule has 3 heterocycles. The van der Waals surface area contributed by atoms with Crippen LogP contribution in [0.2, 0.25) is 0 Å². The van der Waals surface area contributed by atoms with Crippen LogP contribution in [0, 0.1) is 13.8 Å². The summed E-state index contributed by atoms with van der Waals surface area (Å²) in [4.78, 5) is 0. The van der Waals surface area contributed by atoms with Crippen LogP contribution in [0.4, 0.5) is 5.69 Å². The molecule has 5 rings (SSSR count). The van der Waals surface area contributed by atoms with Gasteiger partial charge in [0.2, 0.25) is 11.6 Å². The van der Waals surface area contributed by atoms with Crippen LogP contribution in [0.15, 0.2) is 60.4 Å². The number of hydrogen-bond donors (Lipinski definition) is 1. The largest absolute Gasteiger partial charge is 0.458 e. The molecule has 26 heavy (non-hydrogen) atoms. The topological polar surface area (TPSA) is 48.3 Å². The number of rotatable bonds is 1. The van der Waals surface area contributed by atoms with E-state index in [2.05, 4.69) is 24.4 Å². The van der Waals surface area contributed by atoms with Crippen molar-refractivity contribution in [3.63, 3.8) is 0 Å². The Labute approximate surface area is 151 Å². The summed E-state index contributed by atoms with van der Waals surface area (Å²) in [5.74, 6) is 2.29. The monoisotopic (exact) mass is 345 g/mol. The summed E-state index contributed by atoms with van der Waals surface area (Å²) in [6.07, 6.45) is 1.98. The van der Waals surface area contributed by atoms with Gasteiger partial charge in [0, 0.05) is 6.08 Å². The Kier molecular flexibility index (Phi) is 2.98. The lowest BCUT2D eigenvalue weighted by Gasteiger charge is -2.31. The zero-order valence-electron chi connectivity index (χ0n) is 14.9. The van der Waals surface area contributed by atoms with Crippen molar-refractivity contribution < 1.29 is 9.47 Å². The van der Waals surface area contributed by atoms with Gasteiger partial charge in [-0.25, -0.2) is 4.68 Å². The van der Waals surface area contributed by atoms with Crippen LogP contribution in [0.1, 0.15) is 23.7 Å². The van der Waals surface area contributed by atoms with Crippen LogP contribution in [0.5, 0.6) is 11.6 Å². The van der Waals surface area contributed by atoms with Crippen LogP contribution >= 0.6 is 0 Å². The predicted molar refractivity (Wildman–Crippen MR) is 99.8 cm³/mol. The van der Waals surface area contributed by atoms with Gasteiger partial charge in [-0.2, -0.15) is 5.10 Å². The van der Waals surface area contributed by atoms with E-state index >= 15 is 0 Å². The molecule has 1 spiro atoms. The first kappa shape index (κ1) is 15.1. The highest BCUT2D eigenvalue weighted by Gasteiger charge is 2.47. The summed E-state index contributed by atoms with van der Waals surface area (Å²) in [5, 5.41) is 8.29. The fraction of sp³-hybridized carbons (Fsp3) is 0.190. The van der Waals surface area contributed by atoms with Gasteiger partial charge in [-0.1, -0.05) is 24.3 Å². The van der Waals surface area contributed by atoms with Crippen molar-refractivity contribution in [3.05, 3.63) is 77.2 Å². The maximum atomic E-state index is 6.40. The van der Waals surface area contributed by atoms with Gasteiger partial charge in [-0.05, 0) is 50.6 Å². The highest BCUT2D eigenvalue weighted by atomic mass is 16.5. The molecule has 130 valence electrons. The molecule has 1 unspecified atom stereocenters. The SMILES string of the molecule is CC1=CC2(Nc3cc(C)ccc3O2)c2c(C)nn(-c3ccccc3)c2O1. The lowest BCUT2D eigenvalue weighted by molar-refractivity contribution is 0.153. The zero-order chi connectivity index (χ0) is 17.9. The van der Waals surface area contributed by atoms with E-state index in [1.807, 2.05) is 61.0 Å². The van der Waals surface area contributed by atoms with Crippen LogP contribution in [0.3, 0.4) is 0 Å². The molecular weight excluding hydrogens is 326 g/mol. The van der Waals surface area contributed by atoms with Crippen molar-refractivity contribution in [1.29, 1.82) is 0 Å². The molecule has 0 saturated carbocycles. The summed E-state index contributed by atoms with van der Waals surface area (Å²) >= 11 is 0. The van der Waals surface area contributed by atoms with Crippen molar-refractivity contribution in [2.75, 3.05) is 5.32 Å². The minimum atomic E-state index is -0.801. The van der Waals surface area contributed by atoms with Crippen molar-refractivity contribution in [2.24, 2.45) is 0 Å². The smallest absolute Gasteiger partial charge is 0.237 e. The number of anilines is 1. The summed E-state index contributed by atoms with van der Waals surface area (Å²) < 4.78 is 14.3. The number of fused-ring (bicyclic) bond motifs is 3. The molecular formula is C21H19N3O2. The van der Waals surface area contributed by atoms with Gasteiger partial charge in [-0.3, -0.25) is 0 Å². The lowest BCUT2D eigenvalue weighted by atomic mass is 10.0. The van der Waals surface area contributed by atoms with Gasteiger partial charge < -0.3 is 14.8 Å². The van der Waals surface area contributed by atoms with E-state index < -0.39 is 5.72 Å². The maximum absolute atomic E-state index is 6.40. The van der Waals surface area contributed by atoms with Gasteiger partial charge in [0.25, 0.3) is 0 Å². The van der Waals surface area contributed by atoms with Crippen LogP contribution < -0.4 is 14.8 Å². The maximum Gasteiger partial charge on any atom is 0.237 e. The third-order valence-corrected chi connectivity index (χ3v) is 4.78. The minimum Gasteiger partial charge on any atom is -0.458 e. The molecule has 0 fully saturated rings. The van der Waals surface area contributed by atoms with Gasteiger partial charge in [-0.15, -0.1) is 0 Å². The third kappa shape index (κ3) is 2.07. The number of ether oxygens (including phenoxy) is 2. The first-order valence-corrected chi connectivity index (χ1v) is 8.66. The molecule has 0 aliphatic carbocycles. The Balaban J connectivity index is 1.70. The van der Waals surface area contributed by atoms with E-state index in [1.165, 1.54) is 5.56 Å². The average molecular weight is 345 g/mol. The van der Waals surface area contributed by atoms with Gasteiger partial charge in [0.15, 0.2) is 0 Å². The lowest BCUT2D eigenvalue weighted by Crippen LogP contribution is -2.38. The number of nitrogens with zero attached hydrogens (tertiary/aromatic N) is 2. The molecule has 0 radical (unpaired) electrons. The molecule has 2 aliphatic heterocycles. The minimum absolute atomic E-state index is 0.686. The predicted octanol–water partition coefficient (Wildman–Crippen LogP) is 4.44. The van der Waals surface area contributed by atoms with E-state index in [0.29, 0.717) is 5.88 Å². The highest BCUT2D eigenvalue weighted by Crippen LogP contribution is 2.49. The fourth-order valence-electron chi connectivity index (χ4n) is 3.72. The van der Waals surface area contributed by atoms with E-state index in [9.17, 15) is 0 Å². The zero-order valence-corrected chi connectivity index (χ0v) is 14.9. The molecule has 3 aromatic rings. The number of aromatic nitrogens is 2. The van der Waals surface area contributed by atoms with Crippen LogP contribution in [-0.2, 0) is 5.72 Å². The fourth-order valence-corrected chi connectivity index (χ4v) is 3.72. The quantitative estimate of drug-likeness (QED) is 0.708. The molecule has 2 aliphatic rings. The number of benzene rings is 2. The molecule has 5 nitrogen and oxygen atoms in total. The van der Waals surface area contributed by atoms with Crippen LogP contribution in [-0.4, -0.2) is 9.78 Å². The van der Waals surface area contributed by atoms with E-state index in [1.54, 1.807) is 0 Å². The number of nitrogens with one attached hydrogen (secondary N) is 1.